The van der Waals surface area contributed by atoms with E-state index in [1.54, 1.807) is 30.5 Å². The van der Waals surface area contributed by atoms with Gasteiger partial charge in [0, 0.05) is 0 Å². The molecule has 0 aliphatic carbocycles. The molecule has 1 fully saturated rings. The predicted molar refractivity (Wildman–Crippen MR) is 104 cm³/mol. The molecule has 1 aromatic carbocycles. The number of furan rings is 1. The number of rotatable bonds is 4. The van der Waals surface area contributed by atoms with Gasteiger partial charge in [0.1, 0.15) is 5.82 Å². The Morgan fingerprint density at radius 3 is 2.57 bits per heavy atom. The molecule has 1 atom stereocenters. The van der Waals surface area contributed by atoms with E-state index in [-0.39, 0.29) is 17.7 Å². The summed E-state index contributed by atoms with van der Waals surface area (Å²) in [5.41, 5.74) is 0.953. The van der Waals surface area contributed by atoms with E-state index in [9.17, 15) is 9.50 Å². The molecule has 0 spiro atoms. The number of fused-ring (bicyclic) bond motifs is 1. The van der Waals surface area contributed by atoms with Gasteiger partial charge in [0.15, 0.2) is 5.76 Å². The van der Waals surface area contributed by atoms with Gasteiger partial charge >= 0.3 is 0 Å². The molecule has 3 aromatic heterocycles. The average molecular weight is 398 g/mol. The number of piperidine rings is 1. The van der Waals surface area contributed by atoms with Crippen LogP contribution in [0.25, 0.3) is 16.5 Å². The van der Waals surface area contributed by atoms with Crippen LogP contribution < -0.4 is 0 Å². The van der Waals surface area contributed by atoms with Gasteiger partial charge in [-0.15, -0.1) is 5.10 Å². The first-order valence-electron chi connectivity index (χ1n) is 9.32. The normalized spacial score (nSPS) is 16.6. The van der Waals surface area contributed by atoms with Crippen molar-refractivity contribution in [3.63, 3.8) is 0 Å². The Bertz CT molecular complexity index is 1080. The maximum atomic E-state index is 13.5. The molecule has 1 aliphatic heterocycles. The average Bonchev–Trinajstić information content (AvgIpc) is 3.43. The van der Waals surface area contributed by atoms with Crippen LogP contribution in [0.3, 0.4) is 0 Å². The van der Waals surface area contributed by atoms with E-state index in [1.165, 1.54) is 34.4 Å². The summed E-state index contributed by atoms with van der Waals surface area (Å²) in [6.45, 7) is 1.87. The third-order valence-electron chi connectivity index (χ3n) is 5.13. The number of thiazole rings is 1. The van der Waals surface area contributed by atoms with Gasteiger partial charge in [-0.1, -0.05) is 29.9 Å². The number of halogens is 1. The molecule has 0 bridgehead atoms. The van der Waals surface area contributed by atoms with Gasteiger partial charge in [0.2, 0.25) is 16.7 Å². The predicted octanol–water partition coefficient (Wildman–Crippen LogP) is 4.47. The minimum atomic E-state index is -0.267. The van der Waals surface area contributed by atoms with E-state index in [0.29, 0.717) is 16.5 Å². The Hall–Kier alpha value is -2.71. The molecule has 4 aromatic rings. The second kappa shape index (κ2) is 7.03. The molecule has 1 saturated heterocycles. The lowest BCUT2D eigenvalue weighted by atomic mass is 10.0. The van der Waals surface area contributed by atoms with Crippen molar-refractivity contribution < 1.29 is 13.9 Å². The van der Waals surface area contributed by atoms with E-state index < -0.39 is 0 Å². The standard InChI is InChI=1S/C20H19FN4O2S/c21-14-8-6-13(7-9-14)16(24-10-2-1-3-11-24)17-19(26)25-20(28-17)22-18(23-25)15-5-4-12-27-15/h4-9,12,16,26H,1-3,10-11H2/t16-/m1/s1. The van der Waals surface area contributed by atoms with E-state index >= 15 is 0 Å². The maximum Gasteiger partial charge on any atom is 0.230 e. The first kappa shape index (κ1) is 17.4. The third kappa shape index (κ3) is 2.98. The summed E-state index contributed by atoms with van der Waals surface area (Å²) in [5, 5.41) is 15.4. The number of benzene rings is 1. The second-order valence-corrected chi connectivity index (χ2v) is 7.96. The molecule has 4 heterocycles. The summed E-state index contributed by atoms with van der Waals surface area (Å²) in [4.78, 5) is 8.23. The van der Waals surface area contributed by atoms with Gasteiger partial charge < -0.3 is 9.52 Å². The van der Waals surface area contributed by atoms with Gasteiger partial charge in [0.05, 0.1) is 17.2 Å². The van der Waals surface area contributed by atoms with Gasteiger partial charge in [0.25, 0.3) is 0 Å². The van der Waals surface area contributed by atoms with Gasteiger partial charge in [-0.3, -0.25) is 4.90 Å². The van der Waals surface area contributed by atoms with Crippen molar-refractivity contribution in [2.24, 2.45) is 0 Å². The lowest BCUT2D eigenvalue weighted by molar-refractivity contribution is 0.186. The second-order valence-electron chi connectivity index (χ2n) is 6.95. The highest BCUT2D eigenvalue weighted by Gasteiger charge is 2.30. The molecule has 144 valence electrons. The van der Waals surface area contributed by atoms with Gasteiger partial charge in [-0.25, -0.2) is 4.39 Å². The van der Waals surface area contributed by atoms with Crippen LogP contribution in [0.15, 0.2) is 47.1 Å². The molecule has 0 unspecified atom stereocenters. The molecular weight excluding hydrogens is 379 g/mol. The minimum absolute atomic E-state index is 0.0743. The monoisotopic (exact) mass is 398 g/mol. The molecule has 1 aliphatic rings. The molecule has 8 heteroatoms. The Kier molecular flexibility index (Phi) is 4.37. The van der Waals surface area contributed by atoms with Crippen molar-refractivity contribution in [3.05, 3.63) is 58.9 Å². The van der Waals surface area contributed by atoms with E-state index in [2.05, 4.69) is 15.0 Å². The number of aromatic nitrogens is 3. The molecule has 6 nitrogen and oxygen atoms in total. The molecular formula is C20H19FN4O2S. The van der Waals surface area contributed by atoms with E-state index in [4.69, 9.17) is 4.42 Å². The number of likely N-dealkylation sites (tertiary alicyclic amines) is 1. The van der Waals surface area contributed by atoms with Crippen LogP contribution in [0.5, 0.6) is 5.88 Å². The van der Waals surface area contributed by atoms with E-state index in [1.807, 2.05) is 0 Å². The molecule has 0 radical (unpaired) electrons. The van der Waals surface area contributed by atoms with Crippen LogP contribution in [0, 0.1) is 5.82 Å². The molecule has 28 heavy (non-hydrogen) atoms. The zero-order valence-electron chi connectivity index (χ0n) is 15.1. The van der Waals surface area contributed by atoms with Crippen molar-refractivity contribution in [2.45, 2.75) is 25.3 Å². The fraction of sp³-hybridized carbons (Fsp3) is 0.300. The molecule has 1 N–H and O–H groups in total. The Morgan fingerprint density at radius 1 is 1.11 bits per heavy atom. The highest BCUT2D eigenvalue weighted by molar-refractivity contribution is 7.17. The van der Waals surface area contributed by atoms with Crippen molar-refractivity contribution in [1.82, 2.24) is 19.5 Å². The number of nitrogens with zero attached hydrogens (tertiary/aromatic N) is 4. The topological polar surface area (TPSA) is 66.8 Å². The molecule has 0 amide bonds. The Balaban J connectivity index is 1.59. The lowest BCUT2D eigenvalue weighted by Crippen LogP contribution is -2.34. The van der Waals surface area contributed by atoms with Crippen molar-refractivity contribution in [3.8, 4) is 17.5 Å². The SMILES string of the molecule is Oc1c([C@@H](c2ccc(F)cc2)N2CCCCC2)sc2nc(-c3ccco3)nn12. The van der Waals surface area contributed by atoms with Crippen LogP contribution in [0.1, 0.15) is 35.7 Å². The first-order chi connectivity index (χ1) is 13.7. The van der Waals surface area contributed by atoms with Gasteiger partial charge in [-0.2, -0.15) is 9.50 Å². The largest absolute Gasteiger partial charge is 0.492 e. The van der Waals surface area contributed by atoms with Gasteiger partial charge in [-0.05, 0) is 55.8 Å². The van der Waals surface area contributed by atoms with Crippen molar-refractivity contribution in [2.75, 3.05) is 13.1 Å². The van der Waals surface area contributed by atoms with Crippen molar-refractivity contribution in [1.29, 1.82) is 0 Å². The zero-order valence-corrected chi connectivity index (χ0v) is 15.9. The third-order valence-corrected chi connectivity index (χ3v) is 6.20. The highest BCUT2D eigenvalue weighted by Crippen LogP contribution is 2.41. The molecule has 5 rings (SSSR count). The van der Waals surface area contributed by atoms with Crippen LogP contribution in [-0.4, -0.2) is 37.7 Å². The smallest absolute Gasteiger partial charge is 0.230 e. The van der Waals surface area contributed by atoms with E-state index in [0.717, 1.165) is 36.4 Å². The van der Waals surface area contributed by atoms with Crippen molar-refractivity contribution >= 4 is 16.3 Å². The summed E-state index contributed by atoms with van der Waals surface area (Å²) in [6, 6.07) is 9.92. The molecule has 0 saturated carbocycles. The number of hydrogen-bond acceptors (Lipinski definition) is 6. The minimum Gasteiger partial charge on any atom is -0.492 e. The van der Waals surface area contributed by atoms with Crippen LogP contribution in [0.4, 0.5) is 4.39 Å². The van der Waals surface area contributed by atoms with Crippen LogP contribution in [0.2, 0.25) is 0 Å². The summed E-state index contributed by atoms with van der Waals surface area (Å²) in [7, 11) is 0. The summed E-state index contributed by atoms with van der Waals surface area (Å²) in [5.74, 6) is 0.804. The fourth-order valence-corrected chi connectivity index (χ4v) is 4.91. The maximum absolute atomic E-state index is 13.5. The fourth-order valence-electron chi connectivity index (χ4n) is 3.79. The number of hydrogen-bond donors (Lipinski definition) is 1. The summed E-state index contributed by atoms with van der Waals surface area (Å²) >= 11 is 1.41. The summed E-state index contributed by atoms with van der Waals surface area (Å²) < 4.78 is 20.3. The zero-order chi connectivity index (χ0) is 19.1. The Labute approximate surface area is 164 Å². The number of aromatic hydroxyl groups is 1. The lowest BCUT2D eigenvalue weighted by Gasteiger charge is -2.34. The highest BCUT2D eigenvalue weighted by atomic mass is 32.1. The van der Waals surface area contributed by atoms with Crippen LogP contribution >= 0.6 is 11.3 Å². The Morgan fingerprint density at radius 2 is 1.89 bits per heavy atom. The summed E-state index contributed by atoms with van der Waals surface area (Å²) in [6.07, 6.45) is 5.00. The quantitative estimate of drug-likeness (QED) is 0.549. The van der Waals surface area contributed by atoms with Crippen LogP contribution in [-0.2, 0) is 0 Å². The first-order valence-corrected chi connectivity index (χ1v) is 10.1.